The Labute approximate surface area is 113 Å². The molecule has 0 fully saturated rings. The molecule has 2 nitrogen and oxygen atoms in total. The van der Waals surface area contributed by atoms with Gasteiger partial charge in [-0.3, -0.25) is 0 Å². The summed E-state index contributed by atoms with van der Waals surface area (Å²) in [6.45, 7) is 11.2. The van der Waals surface area contributed by atoms with E-state index in [1.165, 1.54) is 31.2 Å². The van der Waals surface area contributed by atoms with Crippen molar-refractivity contribution in [1.82, 2.24) is 9.88 Å². The van der Waals surface area contributed by atoms with Crippen LogP contribution in [-0.4, -0.2) is 11.1 Å². The van der Waals surface area contributed by atoms with Gasteiger partial charge in [-0.15, -0.1) is 0 Å². The predicted octanol–water partition coefficient (Wildman–Crippen LogP) is 4.38. The van der Waals surface area contributed by atoms with Crippen molar-refractivity contribution < 1.29 is 0 Å². The summed E-state index contributed by atoms with van der Waals surface area (Å²) in [7, 11) is 0. The molecule has 0 spiro atoms. The minimum atomic E-state index is 0.492. The molecule has 0 bridgehead atoms. The zero-order valence-electron chi connectivity index (χ0n) is 12.6. The maximum atomic E-state index is 3.57. The fourth-order valence-corrected chi connectivity index (χ4v) is 2.46. The third-order valence-corrected chi connectivity index (χ3v) is 3.49. The van der Waals surface area contributed by atoms with Gasteiger partial charge in [0.25, 0.3) is 0 Å². The molecule has 0 aliphatic rings. The van der Waals surface area contributed by atoms with Crippen LogP contribution in [0.1, 0.15) is 65.0 Å². The molecule has 0 saturated heterocycles. The highest BCUT2D eigenvalue weighted by atomic mass is 15.0. The van der Waals surface area contributed by atoms with Crippen LogP contribution in [0.2, 0.25) is 0 Å². The van der Waals surface area contributed by atoms with Crippen LogP contribution in [-0.2, 0) is 6.54 Å². The maximum absolute atomic E-state index is 3.57. The zero-order valence-corrected chi connectivity index (χ0v) is 12.6. The molecule has 1 N–H and O–H groups in total. The van der Waals surface area contributed by atoms with Crippen LogP contribution in [0.4, 0.5) is 0 Å². The van der Waals surface area contributed by atoms with Crippen LogP contribution in [0.15, 0.2) is 18.5 Å². The van der Waals surface area contributed by atoms with E-state index in [2.05, 4.69) is 56.0 Å². The molecule has 0 aromatic carbocycles. The number of aromatic nitrogens is 1. The highest BCUT2D eigenvalue weighted by Crippen LogP contribution is 2.22. The van der Waals surface area contributed by atoms with E-state index in [-0.39, 0.29) is 0 Å². The highest BCUT2D eigenvalue weighted by molar-refractivity contribution is 5.16. The van der Waals surface area contributed by atoms with Gasteiger partial charge in [-0.05, 0) is 30.5 Å². The van der Waals surface area contributed by atoms with Crippen LogP contribution in [0.5, 0.6) is 0 Å². The molecular weight excluding hydrogens is 220 g/mol. The molecule has 1 aromatic rings. The molecule has 0 aliphatic heterocycles. The maximum Gasteiger partial charge on any atom is 0.0358 e. The minimum absolute atomic E-state index is 0.492. The average Bonchev–Trinajstić information content (AvgIpc) is 2.79. The number of rotatable bonds is 9. The fourth-order valence-electron chi connectivity index (χ4n) is 2.46. The standard InChI is InChI=1S/C16H30N2/c1-5-7-8-9-11-18-12-10-15(13-18)16(14(3)4)17-6-2/h10,12-14,16-17H,5-9,11H2,1-4H3. The smallest absolute Gasteiger partial charge is 0.0358 e. The van der Waals surface area contributed by atoms with Gasteiger partial charge in [0.2, 0.25) is 0 Å². The SMILES string of the molecule is CCCCCCn1ccc(C(NCC)C(C)C)c1. The first kappa shape index (κ1) is 15.3. The Bertz CT molecular complexity index is 315. The quantitative estimate of drug-likeness (QED) is 0.644. The third kappa shape index (κ3) is 4.85. The molecular formula is C16H30N2. The van der Waals surface area contributed by atoms with Crippen LogP contribution in [0, 0.1) is 5.92 Å². The topological polar surface area (TPSA) is 17.0 Å². The van der Waals surface area contributed by atoms with Gasteiger partial charge < -0.3 is 9.88 Å². The molecule has 1 aromatic heterocycles. The van der Waals surface area contributed by atoms with Gasteiger partial charge in [-0.1, -0.05) is 47.0 Å². The summed E-state index contributed by atoms with van der Waals surface area (Å²) in [5.41, 5.74) is 1.43. The third-order valence-electron chi connectivity index (χ3n) is 3.49. The summed E-state index contributed by atoms with van der Waals surface area (Å²) in [4.78, 5) is 0. The van der Waals surface area contributed by atoms with Gasteiger partial charge in [0, 0.05) is 25.0 Å². The van der Waals surface area contributed by atoms with Crippen molar-refractivity contribution in [2.75, 3.05) is 6.54 Å². The van der Waals surface area contributed by atoms with E-state index in [1.54, 1.807) is 0 Å². The second-order valence-electron chi connectivity index (χ2n) is 5.52. The predicted molar refractivity (Wildman–Crippen MR) is 79.8 cm³/mol. The first-order valence-corrected chi connectivity index (χ1v) is 7.58. The fraction of sp³-hybridized carbons (Fsp3) is 0.750. The van der Waals surface area contributed by atoms with E-state index in [0.717, 1.165) is 13.1 Å². The van der Waals surface area contributed by atoms with Gasteiger partial charge in [0.15, 0.2) is 0 Å². The Kier molecular flexibility index (Phi) is 7.11. The van der Waals surface area contributed by atoms with E-state index >= 15 is 0 Å². The number of hydrogen-bond acceptors (Lipinski definition) is 1. The molecule has 0 saturated carbocycles. The minimum Gasteiger partial charge on any atom is -0.354 e. The second kappa shape index (κ2) is 8.36. The molecule has 1 rings (SSSR count). The van der Waals surface area contributed by atoms with Crippen molar-refractivity contribution in [3.05, 3.63) is 24.0 Å². The van der Waals surface area contributed by atoms with Gasteiger partial charge in [0.1, 0.15) is 0 Å². The van der Waals surface area contributed by atoms with Crippen molar-refractivity contribution >= 4 is 0 Å². The molecule has 0 amide bonds. The molecule has 0 radical (unpaired) electrons. The molecule has 2 heteroatoms. The number of nitrogens with one attached hydrogen (secondary N) is 1. The molecule has 18 heavy (non-hydrogen) atoms. The lowest BCUT2D eigenvalue weighted by atomic mass is 9.98. The summed E-state index contributed by atoms with van der Waals surface area (Å²) >= 11 is 0. The second-order valence-corrected chi connectivity index (χ2v) is 5.52. The van der Waals surface area contributed by atoms with E-state index in [0.29, 0.717) is 12.0 Å². The van der Waals surface area contributed by atoms with Crippen molar-refractivity contribution in [3.63, 3.8) is 0 Å². The Morgan fingerprint density at radius 2 is 1.94 bits per heavy atom. The lowest BCUT2D eigenvalue weighted by Crippen LogP contribution is -2.25. The van der Waals surface area contributed by atoms with E-state index in [1.807, 2.05) is 0 Å². The van der Waals surface area contributed by atoms with Gasteiger partial charge in [0.05, 0.1) is 0 Å². The number of hydrogen-bond donors (Lipinski definition) is 1. The number of unbranched alkanes of at least 4 members (excludes halogenated alkanes) is 3. The number of aryl methyl sites for hydroxylation is 1. The lowest BCUT2D eigenvalue weighted by Gasteiger charge is -2.20. The van der Waals surface area contributed by atoms with Crippen LogP contribution in [0.25, 0.3) is 0 Å². The normalized spacial score (nSPS) is 13.2. The lowest BCUT2D eigenvalue weighted by molar-refractivity contribution is 0.421. The summed E-state index contributed by atoms with van der Waals surface area (Å²) in [6.07, 6.45) is 9.88. The van der Waals surface area contributed by atoms with E-state index in [4.69, 9.17) is 0 Å². The summed E-state index contributed by atoms with van der Waals surface area (Å²) in [5, 5.41) is 3.57. The van der Waals surface area contributed by atoms with Crippen molar-refractivity contribution in [3.8, 4) is 0 Å². The first-order chi connectivity index (χ1) is 8.69. The highest BCUT2D eigenvalue weighted by Gasteiger charge is 2.15. The van der Waals surface area contributed by atoms with Gasteiger partial charge >= 0.3 is 0 Å². The molecule has 1 atom stereocenters. The molecule has 104 valence electrons. The van der Waals surface area contributed by atoms with Crippen molar-refractivity contribution in [1.29, 1.82) is 0 Å². The Balaban J connectivity index is 2.50. The Hall–Kier alpha value is -0.760. The first-order valence-electron chi connectivity index (χ1n) is 7.58. The Morgan fingerprint density at radius 1 is 1.17 bits per heavy atom. The number of nitrogens with zero attached hydrogens (tertiary/aromatic N) is 1. The van der Waals surface area contributed by atoms with Crippen LogP contribution in [0.3, 0.4) is 0 Å². The molecule has 0 aliphatic carbocycles. The van der Waals surface area contributed by atoms with Crippen molar-refractivity contribution in [2.24, 2.45) is 5.92 Å². The Morgan fingerprint density at radius 3 is 2.56 bits per heavy atom. The van der Waals surface area contributed by atoms with E-state index < -0.39 is 0 Å². The molecule has 1 heterocycles. The zero-order chi connectivity index (χ0) is 13.4. The largest absolute Gasteiger partial charge is 0.354 e. The van der Waals surface area contributed by atoms with Gasteiger partial charge in [-0.2, -0.15) is 0 Å². The average molecular weight is 250 g/mol. The summed E-state index contributed by atoms with van der Waals surface area (Å²) < 4.78 is 2.34. The van der Waals surface area contributed by atoms with Crippen LogP contribution >= 0.6 is 0 Å². The monoisotopic (exact) mass is 250 g/mol. The summed E-state index contributed by atoms with van der Waals surface area (Å²) in [5.74, 6) is 0.640. The van der Waals surface area contributed by atoms with Crippen LogP contribution < -0.4 is 5.32 Å². The summed E-state index contributed by atoms with van der Waals surface area (Å²) in [6, 6.07) is 2.76. The van der Waals surface area contributed by atoms with Crippen molar-refractivity contribution in [2.45, 2.75) is 66.0 Å². The van der Waals surface area contributed by atoms with Gasteiger partial charge in [-0.25, -0.2) is 0 Å². The molecule has 1 unspecified atom stereocenters. The van der Waals surface area contributed by atoms with E-state index in [9.17, 15) is 0 Å².